The van der Waals surface area contributed by atoms with Crippen molar-refractivity contribution >= 4 is 23.7 Å². The molecule has 0 aliphatic rings. The Balaban J connectivity index is 0. The maximum atomic E-state index is 9.10. The molecule has 1 aromatic heterocycles. The summed E-state index contributed by atoms with van der Waals surface area (Å²) >= 11 is 1.79. The number of hydrogen-bond acceptors (Lipinski definition) is 4. The number of thioether (sulfide) groups is 1. The Kier molecular flexibility index (Phi) is 11.7. The summed E-state index contributed by atoms with van der Waals surface area (Å²) in [7, 11) is 0. The number of carbonyl (C=O) groups is 2. The van der Waals surface area contributed by atoms with Crippen molar-refractivity contribution in [1.82, 2.24) is 4.98 Å². The second-order valence-electron chi connectivity index (χ2n) is 2.36. The van der Waals surface area contributed by atoms with Crippen LogP contribution in [0.4, 0.5) is 0 Å². The fraction of sp³-hybridized carbons (Fsp3) is 0.222. The summed E-state index contributed by atoms with van der Waals surface area (Å²) in [6.45, 7) is 0. The van der Waals surface area contributed by atoms with Crippen LogP contribution in [0, 0.1) is 0 Å². The van der Waals surface area contributed by atoms with Gasteiger partial charge in [0, 0.05) is 33.0 Å². The fourth-order valence-electron chi connectivity index (χ4n) is 0.631. The van der Waals surface area contributed by atoms with Gasteiger partial charge in [-0.05, 0) is 18.4 Å². The molecule has 0 aromatic carbocycles. The molecule has 16 heavy (non-hydrogen) atoms. The van der Waals surface area contributed by atoms with Gasteiger partial charge in [-0.2, -0.15) is 11.8 Å². The summed E-state index contributed by atoms with van der Waals surface area (Å²) in [5.41, 5.74) is 1.16. The maximum absolute atomic E-state index is 9.10. The zero-order valence-electron chi connectivity index (χ0n) is 8.40. The van der Waals surface area contributed by atoms with Gasteiger partial charge in [-0.25, -0.2) is 9.59 Å². The molecular formula is C9H11NO4PtS. The molecule has 0 unspecified atom stereocenters. The third-order valence-corrected chi connectivity index (χ3v) is 1.79. The van der Waals surface area contributed by atoms with Gasteiger partial charge in [0.2, 0.25) is 0 Å². The van der Waals surface area contributed by atoms with Gasteiger partial charge >= 0.3 is 11.9 Å². The van der Waals surface area contributed by atoms with Crippen LogP contribution in [0.15, 0.2) is 24.4 Å². The van der Waals surface area contributed by atoms with Crippen molar-refractivity contribution in [3.8, 4) is 0 Å². The monoisotopic (exact) mass is 424 g/mol. The van der Waals surface area contributed by atoms with Crippen LogP contribution >= 0.6 is 11.8 Å². The smallest absolute Gasteiger partial charge is 0.414 e. The van der Waals surface area contributed by atoms with E-state index >= 15 is 0 Å². The molecule has 92 valence electrons. The van der Waals surface area contributed by atoms with E-state index in [1.807, 2.05) is 24.4 Å². The Hall–Kier alpha value is -0.872. The van der Waals surface area contributed by atoms with Crippen LogP contribution in [0.2, 0.25) is 0 Å². The third-order valence-electron chi connectivity index (χ3n) is 1.20. The van der Waals surface area contributed by atoms with E-state index in [0.717, 1.165) is 11.4 Å². The molecule has 0 amide bonds. The number of hydrogen-bond donors (Lipinski definition) is 2. The van der Waals surface area contributed by atoms with Crippen LogP contribution in [0.5, 0.6) is 0 Å². The predicted octanol–water partition coefficient (Wildman–Crippen LogP) is 1.10. The number of carboxylic acids is 2. The van der Waals surface area contributed by atoms with Crippen molar-refractivity contribution < 1.29 is 40.9 Å². The van der Waals surface area contributed by atoms with Gasteiger partial charge in [-0.3, -0.25) is 4.98 Å². The number of aliphatic carboxylic acids is 2. The Morgan fingerprint density at radius 1 is 1.31 bits per heavy atom. The van der Waals surface area contributed by atoms with Crippen LogP contribution in [-0.2, 0) is 36.4 Å². The molecule has 1 rings (SSSR count). The molecule has 0 bridgehead atoms. The van der Waals surface area contributed by atoms with Crippen molar-refractivity contribution in [1.29, 1.82) is 0 Å². The van der Waals surface area contributed by atoms with Gasteiger partial charge in [-0.15, -0.1) is 0 Å². The van der Waals surface area contributed by atoms with Crippen molar-refractivity contribution in [2.45, 2.75) is 5.75 Å². The Morgan fingerprint density at radius 3 is 2.19 bits per heavy atom. The van der Waals surface area contributed by atoms with Gasteiger partial charge in [-0.1, -0.05) is 6.07 Å². The Labute approximate surface area is 112 Å². The van der Waals surface area contributed by atoms with Crippen LogP contribution in [0.25, 0.3) is 0 Å². The van der Waals surface area contributed by atoms with Crippen LogP contribution in [0.3, 0.4) is 0 Å². The Morgan fingerprint density at radius 2 is 1.88 bits per heavy atom. The summed E-state index contributed by atoms with van der Waals surface area (Å²) in [5.74, 6) is -2.63. The summed E-state index contributed by atoms with van der Waals surface area (Å²) in [5, 5.41) is 14.8. The minimum Gasteiger partial charge on any atom is -0.473 e. The van der Waals surface area contributed by atoms with Crippen molar-refractivity contribution in [3.63, 3.8) is 0 Å². The molecule has 1 aromatic rings. The van der Waals surface area contributed by atoms with Crippen LogP contribution in [0.1, 0.15) is 5.69 Å². The molecule has 0 aliphatic carbocycles. The maximum Gasteiger partial charge on any atom is 0.414 e. The number of nitrogens with zero attached hydrogens (tertiary/aromatic N) is 1. The normalized spacial score (nSPS) is 8.06. The first-order valence-electron chi connectivity index (χ1n) is 3.93. The summed E-state index contributed by atoms with van der Waals surface area (Å²) < 4.78 is 0. The number of carboxylic acid groups (broad SMARTS) is 2. The number of aromatic nitrogens is 1. The quantitative estimate of drug-likeness (QED) is 0.692. The standard InChI is InChI=1S/C7H9NS.C2H2O4.Pt/c1-9-6-7-4-2-3-5-8-7;3-1(4)2(5)6;/h2-5H,6H2,1H3;(H,3,4)(H,5,6);. The SMILES string of the molecule is CSCc1ccccn1.O=C(O)C(=O)O.[Pt]. The first-order valence-corrected chi connectivity index (χ1v) is 5.32. The second kappa shape index (κ2) is 10.6. The molecule has 0 saturated carbocycles. The van der Waals surface area contributed by atoms with E-state index in [-0.39, 0.29) is 21.1 Å². The van der Waals surface area contributed by atoms with Gasteiger partial charge < -0.3 is 10.2 Å². The molecule has 0 spiro atoms. The average molecular weight is 424 g/mol. The summed E-state index contributed by atoms with van der Waals surface area (Å²) in [6, 6.07) is 5.98. The van der Waals surface area contributed by atoms with E-state index in [1.165, 1.54) is 0 Å². The fourth-order valence-corrected chi connectivity index (χ4v) is 1.10. The van der Waals surface area contributed by atoms with Crippen LogP contribution < -0.4 is 0 Å². The molecule has 5 nitrogen and oxygen atoms in total. The molecule has 2 N–H and O–H groups in total. The van der Waals surface area contributed by atoms with Crippen molar-refractivity contribution in [2.75, 3.05) is 6.26 Å². The second-order valence-corrected chi connectivity index (χ2v) is 3.23. The average Bonchev–Trinajstić information content (AvgIpc) is 2.20. The summed E-state index contributed by atoms with van der Waals surface area (Å²) in [4.78, 5) is 22.3. The zero-order chi connectivity index (χ0) is 11.7. The topological polar surface area (TPSA) is 87.5 Å². The van der Waals surface area contributed by atoms with Gasteiger partial charge in [0.15, 0.2) is 0 Å². The first-order chi connectivity index (χ1) is 7.07. The van der Waals surface area contributed by atoms with Gasteiger partial charge in [0.25, 0.3) is 0 Å². The van der Waals surface area contributed by atoms with E-state index in [0.29, 0.717) is 0 Å². The van der Waals surface area contributed by atoms with Crippen LogP contribution in [-0.4, -0.2) is 33.4 Å². The minimum atomic E-state index is -1.82. The molecule has 0 fully saturated rings. The number of rotatable bonds is 2. The third kappa shape index (κ3) is 9.67. The largest absolute Gasteiger partial charge is 0.473 e. The molecule has 0 saturated heterocycles. The molecule has 0 atom stereocenters. The van der Waals surface area contributed by atoms with E-state index in [9.17, 15) is 0 Å². The zero-order valence-corrected chi connectivity index (χ0v) is 11.5. The molecule has 1 heterocycles. The van der Waals surface area contributed by atoms with E-state index in [1.54, 1.807) is 11.8 Å². The van der Waals surface area contributed by atoms with Gasteiger partial charge in [0.05, 0.1) is 5.69 Å². The van der Waals surface area contributed by atoms with Crippen molar-refractivity contribution in [2.24, 2.45) is 0 Å². The summed E-state index contributed by atoms with van der Waals surface area (Å²) in [6.07, 6.45) is 3.90. The molecule has 0 aliphatic heterocycles. The minimum absolute atomic E-state index is 0. The Bertz CT molecular complexity index is 309. The molecule has 0 radical (unpaired) electrons. The predicted molar refractivity (Wildman–Crippen MR) is 56.7 cm³/mol. The van der Waals surface area contributed by atoms with E-state index in [4.69, 9.17) is 19.8 Å². The van der Waals surface area contributed by atoms with E-state index < -0.39 is 11.9 Å². The first kappa shape index (κ1) is 17.5. The molecular weight excluding hydrogens is 413 g/mol. The van der Waals surface area contributed by atoms with E-state index in [2.05, 4.69) is 11.2 Å². The van der Waals surface area contributed by atoms with Gasteiger partial charge in [0.1, 0.15) is 0 Å². The van der Waals surface area contributed by atoms with Crippen molar-refractivity contribution in [3.05, 3.63) is 30.1 Å². The number of pyridine rings is 1. The molecule has 7 heteroatoms.